The molecule has 0 unspecified atom stereocenters. The first-order valence-corrected chi connectivity index (χ1v) is 9.48. The number of rotatable bonds is 8. The Morgan fingerprint density at radius 3 is 2.67 bits per heavy atom. The molecule has 154 valence electrons. The number of fused-ring (bicyclic) bond motifs is 1. The van der Waals surface area contributed by atoms with Crippen LogP contribution < -0.4 is 16.2 Å². The molecule has 0 aliphatic carbocycles. The van der Waals surface area contributed by atoms with Gasteiger partial charge in [-0.25, -0.2) is 9.78 Å². The van der Waals surface area contributed by atoms with E-state index in [9.17, 15) is 14.4 Å². The SMILES string of the molecule is O=C(O)CCc1nc2ccc(C=CCNC(=O)NCc3ccccc3)cc2c(=O)[nH]1. The van der Waals surface area contributed by atoms with E-state index in [2.05, 4.69) is 20.6 Å². The summed E-state index contributed by atoms with van der Waals surface area (Å²) in [7, 11) is 0. The van der Waals surface area contributed by atoms with E-state index in [0.717, 1.165) is 11.1 Å². The first-order valence-electron chi connectivity index (χ1n) is 9.48. The third-order valence-corrected chi connectivity index (χ3v) is 4.34. The summed E-state index contributed by atoms with van der Waals surface area (Å²) in [5.41, 5.74) is 2.01. The lowest BCUT2D eigenvalue weighted by molar-refractivity contribution is -0.137. The van der Waals surface area contributed by atoms with E-state index < -0.39 is 5.97 Å². The predicted molar refractivity (Wildman–Crippen MR) is 114 cm³/mol. The van der Waals surface area contributed by atoms with Crippen molar-refractivity contribution in [1.29, 1.82) is 0 Å². The van der Waals surface area contributed by atoms with Gasteiger partial charge in [-0.2, -0.15) is 0 Å². The zero-order valence-electron chi connectivity index (χ0n) is 16.2. The van der Waals surface area contributed by atoms with Crippen LogP contribution in [0.3, 0.4) is 0 Å². The molecule has 0 radical (unpaired) electrons. The second-order valence-corrected chi connectivity index (χ2v) is 6.63. The maximum absolute atomic E-state index is 12.3. The molecule has 0 aliphatic rings. The van der Waals surface area contributed by atoms with Crippen LogP contribution in [0.2, 0.25) is 0 Å². The van der Waals surface area contributed by atoms with Crippen LogP contribution in [0.15, 0.2) is 59.4 Å². The summed E-state index contributed by atoms with van der Waals surface area (Å²) in [6.45, 7) is 0.784. The number of aromatic amines is 1. The number of H-pyrrole nitrogens is 1. The topological polar surface area (TPSA) is 124 Å². The number of benzene rings is 2. The molecule has 0 saturated carbocycles. The van der Waals surface area contributed by atoms with Crippen LogP contribution in [0.4, 0.5) is 4.79 Å². The summed E-state index contributed by atoms with van der Waals surface area (Å²) < 4.78 is 0. The number of urea groups is 1. The van der Waals surface area contributed by atoms with Crippen molar-refractivity contribution in [3.05, 3.63) is 81.9 Å². The Hall–Kier alpha value is -3.94. The quantitative estimate of drug-likeness (QED) is 0.457. The molecular formula is C22H22N4O4. The second-order valence-electron chi connectivity index (χ2n) is 6.63. The monoisotopic (exact) mass is 406 g/mol. The van der Waals surface area contributed by atoms with E-state index in [0.29, 0.717) is 29.8 Å². The highest BCUT2D eigenvalue weighted by atomic mass is 16.4. The number of carboxylic acid groups (broad SMARTS) is 1. The summed E-state index contributed by atoms with van der Waals surface area (Å²) in [6.07, 6.45) is 3.65. The van der Waals surface area contributed by atoms with Crippen molar-refractivity contribution in [2.75, 3.05) is 6.54 Å². The number of carboxylic acids is 1. The highest BCUT2D eigenvalue weighted by Crippen LogP contribution is 2.12. The molecular weight excluding hydrogens is 384 g/mol. The molecule has 3 aromatic rings. The lowest BCUT2D eigenvalue weighted by Gasteiger charge is -2.06. The second kappa shape index (κ2) is 10.0. The van der Waals surface area contributed by atoms with Crippen LogP contribution in [0.1, 0.15) is 23.4 Å². The maximum atomic E-state index is 12.3. The molecule has 8 nitrogen and oxygen atoms in total. The molecule has 0 bridgehead atoms. The largest absolute Gasteiger partial charge is 0.481 e. The van der Waals surface area contributed by atoms with E-state index in [-0.39, 0.29) is 24.4 Å². The molecule has 30 heavy (non-hydrogen) atoms. The van der Waals surface area contributed by atoms with Gasteiger partial charge in [0.05, 0.1) is 17.3 Å². The Morgan fingerprint density at radius 2 is 1.90 bits per heavy atom. The highest BCUT2D eigenvalue weighted by Gasteiger charge is 2.06. The van der Waals surface area contributed by atoms with Crippen molar-refractivity contribution < 1.29 is 14.7 Å². The molecule has 1 heterocycles. The van der Waals surface area contributed by atoms with Crippen LogP contribution in [0, 0.1) is 0 Å². The smallest absolute Gasteiger partial charge is 0.315 e. The van der Waals surface area contributed by atoms with Gasteiger partial charge in [0, 0.05) is 19.5 Å². The van der Waals surface area contributed by atoms with Crippen LogP contribution in [-0.4, -0.2) is 33.6 Å². The number of nitrogens with zero attached hydrogens (tertiary/aromatic N) is 1. The lowest BCUT2D eigenvalue weighted by Crippen LogP contribution is -2.34. The van der Waals surface area contributed by atoms with Gasteiger partial charge in [0.25, 0.3) is 5.56 Å². The Morgan fingerprint density at radius 1 is 1.10 bits per heavy atom. The molecule has 0 spiro atoms. The van der Waals surface area contributed by atoms with Gasteiger partial charge in [0.1, 0.15) is 5.82 Å². The van der Waals surface area contributed by atoms with Gasteiger partial charge in [-0.3, -0.25) is 9.59 Å². The van der Waals surface area contributed by atoms with Gasteiger partial charge in [-0.15, -0.1) is 0 Å². The van der Waals surface area contributed by atoms with E-state index in [4.69, 9.17) is 5.11 Å². The summed E-state index contributed by atoms with van der Waals surface area (Å²) >= 11 is 0. The maximum Gasteiger partial charge on any atom is 0.315 e. The average molecular weight is 406 g/mol. The van der Waals surface area contributed by atoms with Gasteiger partial charge in [-0.05, 0) is 23.3 Å². The number of aliphatic carboxylic acids is 1. The molecule has 0 atom stereocenters. The first-order chi connectivity index (χ1) is 14.5. The number of carbonyl (C=O) groups is 2. The zero-order chi connectivity index (χ0) is 21.3. The van der Waals surface area contributed by atoms with E-state index in [1.54, 1.807) is 24.3 Å². The Bertz CT molecular complexity index is 1120. The summed E-state index contributed by atoms with van der Waals surface area (Å²) in [6, 6.07) is 14.6. The molecule has 2 amide bonds. The van der Waals surface area contributed by atoms with Crippen LogP contribution in [-0.2, 0) is 17.8 Å². The van der Waals surface area contributed by atoms with Gasteiger partial charge in [-0.1, -0.05) is 48.6 Å². The van der Waals surface area contributed by atoms with E-state index >= 15 is 0 Å². The number of nitrogens with one attached hydrogen (secondary N) is 3. The van der Waals surface area contributed by atoms with Crippen LogP contribution >= 0.6 is 0 Å². The van der Waals surface area contributed by atoms with Crippen molar-refractivity contribution in [3.63, 3.8) is 0 Å². The standard InChI is InChI=1S/C22H22N4O4/c27-20(28)11-10-19-25-18-9-8-15(13-17(18)21(29)26-19)7-4-12-23-22(30)24-14-16-5-2-1-3-6-16/h1-9,13H,10-12,14H2,(H,27,28)(H2,23,24,30)(H,25,26,29). The van der Waals surface area contributed by atoms with E-state index in [1.807, 2.05) is 36.4 Å². The molecule has 4 N–H and O–H groups in total. The van der Waals surface area contributed by atoms with Crippen molar-refractivity contribution in [2.24, 2.45) is 0 Å². The van der Waals surface area contributed by atoms with E-state index in [1.165, 1.54) is 0 Å². The van der Waals surface area contributed by atoms with Gasteiger partial charge < -0.3 is 20.7 Å². The van der Waals surface area contributed by atoms with Crippen LogP contribution in [0.25, 0.3) is 17.0 Å². The molecule has 3 rings (SSSR count). The average Bonchev–Trinajstić information content (AvgIpc) is 2.75. The number of hydrogen-bond acceptors (Lipinski definition) is 4. The number of carbonyl (C=O) groups excluding carboxylic acids is 1. The number of amides is 2. The van der Waals surface area contributed by atoms with Crippen LogP contribution in [0.5, 0.6) is 0 Å². The minimum atomic E-state index is -0.944. The normalized spacial score (nSPS) is 10.9. The van der Waals surface area contributed by atoms with Gasteiger partial charge in [0.15, 0.2) is 0 Å². The van der Waals surface area contributed by atoms with Crippen molar-refractivity contribution in [3.8, 4) is 0 Å². The van der Waals surface area contributed by atoms with Crippen molar-refractivity contribution in [2.45, 2.75) is 19.4 Å². The Balaban J connectivity index is 1.55. The summed E-state index contributed by atoms with van der Waals surface area (Å²) in [5.74, 6) is -0.593. The number of hydrogen-bond donors (Lipinski definition) is 4. The zero-order valence-corrected chi connectivity index (χ0v) is 16.2. The van der Waals surface area contributed by atoms with Gasteiger partial charge >= 0.3 is 12.0 Å². The molecule has 1 aromatic heterocycles. The molecule has 8 heteroatoms. The minimum Gasteiger partial charge on any atom is -0.481 e. The Kier molecular flexibility index (Phi) is 6.94. The fourth-order valence-corrected chi connectivity index (χ4v) is 2.84. The predicted octanol–water partition coefficient (Wildman–Crippen LogP) is 2.45. The summed E-state index contributed by atoms with van der Waals surface area (Å²) in [4.78, 5) is 41.7. The summed E-state index contributed by atoms with van der Waals surface area (Å²) in [5, 5.41) is 14.7. The molecule has 0 fully saturated rings. The fraction of sp³-hybridized carbons (Fsp3) is 0.182. The van der Waals surface area contributed by atoms with Gasteiger partial charge in [0.2, 0.25) is 0 Å². The first kappa shape index (κ1) is 20.8. The lowest BCUT2D eigenvalue weighted by atomic mass is 10.1. The molecule has 2 aromatic carbocycles. The number of aromatic nitrogens is 2. The Labute approximate surface area is 172 Å². The third kappa shape index (κ3) is 6.03. The van der Waals surface area contributed by atoms with Crippen molar-refractivity contribution >= 4 is 29.0 Å². The molecule has 0 aliphatic heterocycles. The third-order valence-electron chi connectivity index (χ3n) is 4.34. The molecule has 0 saturated heterocycles. The number of aryl methyl sites for hydroxylation is 1. The highest BCUT2D eigenvalue weighted by molar-refractivity contribution is 5.80. The fourth-order valence-electron chi connectivity index (χ4n) is 2.84. The minimum absolute atomic E-state index is 0.0960. The van der Waals surface area contributed by atoms with Crippen molar-refractivity contribution in [1.82, 2.24) is 20.6 Å².